The number of nitrogens with zero attached hydrogens (tertiary/aromatic N) is 1. The molecule has 0 saturated heterocycles. The van der Waals surface area contributed by atoms with E-state index in [0.717, 1.165) is 17.3 Å². The minimum atomic E-state index is -4.82. The van der Waals surface area contributed by atoms with Gasteiger partial charge in [0, 0.05) is 16.5 Å². The molecule has 1 aromatic heterocycles. The van der Waals surface area contributed by atoms with Crippen LogP contribution in [-0.4, -0.2) is 17.2 Å². The van der Waals surface area contributed by atoms with Gasteiger partial charge < -0.3 is 16.8 Å². The van der Waals surface area contributed by atoms with Crippen molar-refractivity contribution >= 4 is 34.6 Å². The predicted octanol–water partition coefficient (Wildman–Crippen LogP) is 3.70. The van der Waals surface area contributed by atoms with Gasteiger partial charge in [-0.3, -0.25) is 9.71 Å². The van der Waals surface area contributed by atoms with E-state index in [0.29, 0.717) is 16.1 Å². The number of rotatable bonds is 4. The van der Waals surface area contributed by atoms with E-state index in [4.69, 9.17) is 11.5 Å². The number of para-hydroxylation sites is 1. The number of fused-ring (bicyclic) bond motifs is 1. The molecule has 0 radical (unpaired) electrons. The van der Waals surface area contributed by atoms with Crippen LogP contribution in [-0.2, 0) is 5.66 Å². The summed E-state index contributed by atoms with van der Waals surface area (Å²) in [6.45, 7) is 0. The molecule has 146 valence electrons. The molecular formula is C18H16F3N5OS. The van der Waals surface area contributed by atoms with E-state index in [9.17, 15) is 18.0 Å². The number of pyridine rings is 1. The largest absolute Gasteiger partial charge is 0.423 e. The number of nitrogens with one attached hydrogen (secondary N) is 2. The van der Waals surface area contributed by atoms with Gasteiger partial charge in [0.05, 0.1) is 11.2 Å². The third-order valence-corrected chi connectivity index (χ3v) is 4.70. The lowest BCUT2D eigenvalue weighted by Gasteiger charge is -2.28. The van der Waals surface area contributed by atoms with Crippen LogP contribution in [0.1, 0.15) is 5.56 Å². The number of carbonyl (C=O) groups excluding carboxylic acids is 1. The molecule has 0 atom stereocenters. The van der Waals surface area contributed by atoms with Gasteiger partial charge in [-0.25, -0.2) is 4.79 Å². The number of aromatic nitrogens is 1. The number of urea groups is 1. The molecular weight excluding hydrogens is 391 g/mol. The molecule has 2 aromatic carbocycles. The minimum Gasteiger partial charge on any atom is -0.305 e. The topological polar surface area (TPSA) is 106 Å². The molecule has 10 heteroatoms. The van der Waals surface area contributed by atoms with Crippen molar-refractivity contribution in [1.29, 1.82) is 0 Å². The highest BCUT2D eigenvalue weighted by Crippen LogP contribution is 2.33. The lowest BCUT2D eigenvalue weighted by molar-refractivity contribution is -0.188. The highest BCUT2D eigenvalue weighted by atomic mass is 32.2. The first-order valence-corrected chi connectivity index (χ1v) is 8.83. The standard InChI is InChI=1S/C18H16F3N5OS/c19-18(20,21)17(22,23)12-6-2-7-13(10-12)28-26-16(27)25-14-8-1-4-11-5-3-9-24-15(11)14/h1-10H,22-23H2,(H2,25,26,27). The van der Waals surface area contributed by atoms with Gasteiger partial charge in [-0.1, -0.05) is 30.3 Å². The number of carbonyl (C=O) groups is 1. The molecule has 0 fully saturated rings. The van der Waals surface area contributed by atoms with Gasteiger partial charge in [-0.2, -0.15) is 13.2 Å². The molecule has 0 aliphatic rings. The second kappa shape index (κ2) is 7.66. The van der Waals surface area contributed by atoms with Crippen LogP contribution in [0.25, 0.3) is 10.9 Å². The predicted molar refractivity (Wildman–Crippen MR) is 102 cm³/mol. The third kappa shape index (κ3) is 4.19. The highest BCUT2D eigenvalue weighted by Gasteiger charge is 2.50. The Morgan fingerprint density at radius 2 is 1.75 bits per heavy atom. The molecule has 0 bridgehead atoms. The molecule has 3 aromatic rings. The van der Waals surface area contributed by atoms with Crippen molar-refractivity contribution in [3.05, 3.63) is 66.4 Å². The summed E-state index contributed by atoms with van der Waals surface area (Å²) in [4.78, 5) is 16.7. The van der Waals surface area contributed by atoms with Crippen molar-refractivity contribution in [2.24, 2.45) is 11.5 Å². The van der Waals surface area contributed by atoms with Crippen LogP contribution < -0.4 is 21.5 Å². The maximum absolute atomic E-state index is 13.0. The second-order valence-electron chi connectivity index (χ2n) is 5.93. The van der Waals surface area contributed by atoms with Gasteiger partial charge in [0.1, 0.15) is 0 Å². The summed E-state index contributed by atoms with van der Waals surface area (Å²) < 4.78 is 41.5. The molecule has 6 nitrogen and oxygen atoms in total. The number of amides is 2. The number of benzene rings is 2. The van der Waals surface area contributed by atoms with Gasteiger partial charge in [-0.05, 0) is 41.8 Å². The van der Waals surface area contributed by atoms with Crippen molar-refractivity contribution in [2.45, 2.75) is 16.7 Å². The lowest BCUT2D eigenvalue weighted by Crippen LogP contribution is -2.57. The first-order valence-electron chi connectivity index (χ1n) is 8.01. The molecule has 28 heavy (non-hydrogen) atoms. The number of halogens is 3. The smallest absolute Gasteiger partial charge is 0.305 e. The molecule has 2 amide bonds. The maximum atomic E-state index is 13.0. The Kier molecular flexibility index (Phi) is 5.45. The van der Waals surface area contributed by atoms with Gasteiger partial charge in [0.2, 0.25) is 0 Å². The minimum absolute atomic E-state index is 0.314. The molecule has 0 saturated carbocycles. The molecule has 1 heterocycles. The molecule has 3 rings (SSSR count). The Morgan fingerprint density at radius 3 is 2.50 bits per heavy atom. The highest BCUT2D eigenvalue weighted by molar-refractivity contribution is 7.98. The summed E-state index contributed by atoms with van der Waals surface area (Å²) in [5.74, 6) is 0. The van der Waals surface area contributed by atoms with Gasteiger partial charge in [0.15, 0.2) is 5.66 Å². The molecule has 0 aliphatic heterocycles. The van der Waals surface area contributed by atoms with E-state index in [1.807, 2.05) is 12.1 Å². The van der Waals surface area contributed by atoms with E-state index < -0.39 is 17.9 Å². The van der Waals surface area contributed by atoms with E-state index in [1.54, 1.807) is 24.4 Å². The molecule has 6 N–H and O–H groups in total. The van der Waals surface area contributed by atoms with Crippen molar-refractivity contribution in [2.75, 3.05) is 5.32 Å². The zero-order chi connectivity index (χ0) is 20.4. The van der Waals surface area contributed by atoms with Crippen molar-refractivity contribution in [3.8, 4) is 0 Å². The van der Waals surface area contributed by atoms with Crippen LogP contribution in [0.3, 0.4) is 0 Å². The Labute approximate surface area is 162 Å². The zero-order valence-corrected chi connectivity index (χ0v) is 15.1. The SMILES string of the molecule is NC(N)(c1cccc(SNC(=O)Nc2cccc3cccnc23)c1)C(F)(F)F. The average Bonchev–Trinajstić information content (AvgIpc) is 2.66. The van der Waals surface area contributed by atoms with E-state index in [2.05, 4.69) is 15.0 Å². The zero-order valence-electron chi connectivity index (χ0n) is 14.3. The van der Waals surface area contributed by atoms with Crippen LogP contribution in [0.15, 0.2) is 65.7 Å². The lowest BCUT2D eigenvalue weighted by atomic mass is 10.0. The fourth-order valence-corrected chi connectivity index (χ4v) is 3.03. The monoisotopic (exact) mass is 407 g/mol. The van der Waals surface area contributed by atoms with Crippen LogP contribution in [0.2, 0.25) is 0 Å². The summed E-state index contributed by atoms with van der Waals surface area (Å²) >= 11 is 0.833. The Hall–Kier alpha value is -2.82. The van der Waals surface area contributed by atoms with E-state index in [1.165, 1.54) is 24.3 Å². The molecule has 0 spiro atoms. The number of anilines is 1. The number of hydrogen-bond acceptors (Lipinski definition) is 5. The van der Waals surface area contributed by atoms with Gasteiger partial charge >= 0.3 is 12.2 Å². The first-order chi connectivity index (χ1) is 13.2. The van der Waals surface area contributed by atoms with E-state index >= 15 is 0 Å². The molecule has 0 aliphatic carbocycles. The van der Waals surface area contributed by atoms with Gasteiger partial charge in [-0.15, -0.1) is 0 Å². The van der Waals surface area contributed by atoms with Crippen LogP contribution in [0.4, 0.5) is 23.7 Å². The quantitative estimate of drug-likeness (QED) is 0.390. The van der Waals surface area contributed by atoms with Crippen molar-refractivity contribution < 1.29 is 18.0 Å². The fraction of sp³-hybridized carbons (Fsp3) is 0.111. The summed E-state index contributed by atoms with van der Waals surface area (Å²) in [6, 6.07) is 13.7. The first kappa shape index (κ1) is 19.9. The summed E-state index contributed by atoms with van der Waals surface area (Å²) in [5, 5.41) is 3.52. The molecule has 0 unspecified atom stereocenters. The number of hydrogen-bond donors (Lipinski definition) is 4. The van der Waals surface area contributed by atoms with Crippen LogP contribution >= 0.6 is 11.9 Å². The maximum Gasteiger partial charge on any atom is 0.423 e. The van der Waals surface area contributed by atoms with Crippen molar-refractivity contribution in [1.82, 2.24) is 9.71 Å². The summed E-state index contributed by atoms with van der Waals surface area (Å²) in [6.07, 6.45) is -3.21. The Morgan fingerprint density at radius 1 is 1.04 bits per heavy atom. The van der Waals surface area contributed by atoms with Crippen LogP contribution in [0.5, 0.6) is 0 Å². The van der Waals surface area contributed by atoms with E-state index in [-0.39, 0.29) is 5.56 Å². The van der Waals surface area contributed by atoms with Gasteiger partial charge in [0.25, 0.3) is 0 Å². The van der Waals surface area contributed by atoms with Crippen LogP contribution in [0, 0.1) is 0 Å². The Bertz CT molecular complexity index is 1000. The number of nitrogens with two attached hydrogens (primary N) is 2. The average molecular weight is 407 g/mol. The summed E-state index contributed by atoms with van der Waals surface area (Å²) in [5.41, 5.74) is 8.29. The normalized spacial score (nSPS) is 12.0. The van der Waals surface area contributed by atoms with Crippen molar-refractivity contribution in [3.63, 3.8) is 0 Å². The third-order valence-electron chi connectivity index (χ3n) is 3.92. The fourth-order valence-electron chi connectivity index (χ4n) is 2.44. The summed E-state index contributed by atoms with van der Waals surface area (Å²) in [7, 11) is 0. The Balaban J connectivity index is 1.69. The second-order valence-corrected chi connectivity index (χ2v) is 6.81. The number of alkyl halides is 3.